The second kappa shape index (κ2) is 4.98. The van der Waals surface area contributed by atoms with Gasteiger partial charge in [-0.3, -0.25) is 4.68 Å². The maximum Gasteiger partial charge on any atom is 0.120 e. The van der Waals surface area contributed by atoms with Gasteiger partial charge in [0.1, 0.15) is 5.76 Å². The van der Waals surface area contributed by atoms with Crippen molar-refractivity contribution in [2.45, 2.75) is 45.8 Å². The monoisotopic (exact) mass is 247 g/mol. The molecule has 18 heavy (non-hydrogen) atoms. The molecule has 2 aromatic rings. The summed E-state index contributed by atoms with van der Waals surface area (Å²) in [5, 5.41) is 7.80. The Morgan fingerprint density at radius 3 is 2.78 bits per heavy atom. The molecule has 0 aliphatic rings. The molecule has 1 atom stereocenters. The Kier molecular flexibility index (Phi) is 3.57. The first kappa shape index (κ1) is 12.9. The lowest BCUT2D eigenvalue weighted by Gasteiger charge is -2.18. The molecule has 4 heteroatoms. The number of nitrogens with one attached hydrogen (secondary N) is 1. The van der Waals surface area contributed by atoms with E-state index in [9.17, 15) is 0 Å². The Labute approximate surface area is 108 Å². The first-order chi connectivity index (χ1) is 8.47. The van der Waals surface area contributed by atoms with E-state index in [4.69, 9.17) is 4.42 Å². The molecular formula is C14H21N3O. The average molecular weight is 247 g/mol. The number of nitrogens with zero attached hydrogens (tertiary/aromatic N) is 2. The molecule has 1 unspecified atom stereocenters. The minimum Gasteiger partial charge on any atom is -0.468 e. The van der Waals surface area contributed by atoms with E-state index in [1.165, 1.54) is 5.56 Å². The third kappa shape index (κ3) is 3.01. The standard InChI is InChI=1S/C14H21N3O/c1-11(13-6-5-7-18-13)15-8-12-9-16-17(10-12)14(2,3)4/h5-7,9-11,15H,8H2,1-4H3. The van der Waals surface area contributed by atoms with Crippen molar-refractivity contribution in [3.05, 3.63) is 42.1 Å². The van der Waals surface area contributed by atoms with Crippen LogP contribution in [-0.2, 0) is 12.1 Å². The van der Waals surface area contributed by atoms with Gasteiger partial charge in [0.2, 0.25) is 0 Å². The highest BCUT2D eigenvalue weighted by Crippen LogP contribution is 2.15. The summed E-state index contributed by atoms with van der Waals surface area (Å²) in [5.74, 6) is 0.957. The molecule has 0 saturated carbocycles. The van der Waals surface area contributed by atoms with E-state index in [2.05, 4.69) is 44.3 Å². The van der Waals surface area contributed by atoms with Gasteiger partial charge in [-0.25, -0.2) is 0 Å². The Bertz CT molecular complexity index is 479. The van der Waals surface area contributed by atoms with Crippen LogP contribution in [0.25, 0.3) is 0 Å². The first-order valence-electron chi connectivity index (χ1n) is 6.27. The van der Waals surface area contributed by atoms with Gasteiger partial charge in [-0.1, -0.05) is 0 Å². The van der Waals surface area contributed by atoms with Crippen molar-refractivity contribution in [1.29, 1.82) is 0 Å². The second-order valence-electron chi connectivity index (χ2n) is 5.58. The molecule has 1 N–H and O–H groups in total. The van der Waals surface area contributed by atoms with E-state index >= 15 is 0 Å². The van der Waals surface area contributed by atoms with Gasteiger partial charge in [-0.15, -0.1) is 0 Å². The highest BCUT2D eigenvalue weighted by Gasteiger charge is 2.14. The third-order valence-electron chi connectivity index (χ3n) is 2.91. The maximum atomic E-state index is 5.36. The highest BCUT2D eigenvalue weighted by molar-refractivity contribution is 5.07. The number of hydrogen-bond acceptors (Lipinski definition) is 3. The number of aromatic nitrogens is 2. The van der Waals surface area contributed by atoms with Crippen molar-refractivity contribution in [3.63, 3.8) is 0 Å². The summed E-state index contributed by atoms with van der Waals surface area (Å²) in [5.41, 5.74) is 1.22. The predicted octanol–water partition coefficient (Wildman–Crippen LogP) is 3.08. The molecule has 0 aliphatic heterocycles. The van der Waals surface area contributed by atoms with E-state index in [1.54, 1.807) is 6.26 Å². The molecule has 2 aromatic heterocycles. The van der Waals surface area contributed by atoms with Gasteiger partial charge in [-0.2, -0.15) is 5.10 Å². The highest BCUT2D eigenvalue weighted by atomic mass is 16.3. The third-order valence-corrected chi connectivity index (χ3v) is 2.91. The van der Waals surface area contributed by atoms with Crippen LogP contribution in [0.4, 0.5) is 0 Å². The number of rotatable bonds is 4. The van der Waals surface area contributed by atoms with Crippen molar-refractivity contribution < 1.29 is 4.42 Å². The molecule has 4 nitrogen and oxygen atoms in total. The second-order valence-corrected chi connectivity index (χ2v) is 5.58. The van der Waals surface area contributed by atoms with E-state index in [1.807, 2.05) is 23.0 Å². The zero-order chi connectivity index (χ0) is 13.2. The first-order valence-corrected chi connectivity index (χ1v) is 6.27. The normalized spacial score (nSPS) is 13.8. The van der Waals surface area contributed by atoms with Crippen LogP contribution in [0.1, 0.15) is 45.1 Å². The lowest BCUT2D eigenvalue weighted by atomic mass is 10.1. The SMILES string of the molecule is CC(NCc1cnn(C(C)(C)C)c1)c1ccco1. The maximum absolute atomic E-state index is 5.36. The van der Waals surface area contributed by atoms with Crippen LogP contribution in [0.3, 0.4) is 0 Å². The molecule has 2 rings (SSSR count). The van der Waals surface area contributed by atoms with E-state index in [0.29, 0.717) is 0 Å². The van der Waals surface area contributed by atoms with Gasteiger partial charge in [0.15, 0.2) is 0 Å². The molecule has 0 aromatic carbocycles. The summed E-state index contributed by atoms with van der Waals surface area (Å²) in [6.45, 7) is 9.30. The predicted molar refractivity (Wildman–Crippen MR) is 71.2 cm³/mol. The molecule has 0 spiro atoms. The number of furan rings is 1. The van der Waals surface area contributed by atoms with Crippen molar-refractivity contribution >= 4 is 0 Å². The summed E-state index contributed by atoms with van der Waals surface area (Å²) in [4.78, 5) is 0. The molecule has 0 radical (unpaired) electrons. The molecule has 0 bridgehead atoms. The van der Waals surface area contributed by atoms with Crippen LogP contribution in [0.5, 0.6) is 0 Å². The van der Waals surface area contributed by atoms with Crippen LogP contribution >= 0.6 is 0 Å². The van der Waals surface area contributed by atoms with E-state index in [0.717, 1.165) is 12.3 Å². The zero-order valence-corrected chi connectivity index (χ0v) is 11.5. The fourth-order valence-electron chi connectivity index (χ4n) is 1.73. The number of hydrogen-bond donors (Lipinski definition) is 1. The van der Waals surface area contributed by atoms with Crippen LogP contribution in [0, 0.1) is 0 Å². The van der Waals surface area contributed by atoms with Crippen LogP contribution < -0.4 is 5.32 Å². The van der Waals surface area contributed by atoms with Gasteiger partial charge < -0.3 is 9.73 Å². The molecule has 0 amide bonds. The minimum absolute atomic E-state index is 0.0326. The largest absolute Gasteiger partial charge is 0.468 e. The summed E-state index contributed by atoms with van der Waals surface area (Å²) in [6.07, 6.45) is 5.69. The molecule has 0 fully saturated rings. The topological polar surface area (TPSA) is 43.0 Å². The molecule has 0 aliphatic carbocycles. The van der Waals surface area contributed by atoms with Gasteiger partial charge in [0, 0.05) is 18.3 Å². The summed E-state index contributed by atoms with van der Waals surface area (Å²) >= 11 is 0. The molecule has 98 valence electrons. The lowest BCUT2D eigenvalue weighted by Crippen LogP contribution is -2.22. The molecule has 2 heterocycles. The van der Waals surface area contributed by atoms with Crippen molar-refractivity contribution in [3.8, 4) is 0 Å². The van der Waals surface area contributed by atoms with Gasteiger partial charge in [0.05, 0.1) is 24.0 Å². The van der Waals surface area contributed by atoms with Crippen LogP contribution in [-0.4, -0.2) is 9.78 Å². The molecule has 0 saturated heterocycles. The Balaban J connectivity index is 1.93. The lowest BCUT2D eigenvalue weighted by molar-refractivity contribution is 0.355. The smallest absolute Gasteiger partial charge is 0.120 e. The van der Waals surface area contributed by atoms with Crippen molar-refractivity contribution in [1.82, 2.24) is 15.1 Å². The fourth-order valence-corrected chi connectivity index (χ4v) is 1.73. The summed E-state index contributed by atoms with van der Waals surface area (Å²) in [6, 6.07) is 4.10. The minimum atomic E-state index is 0.0326. The van der Waals surface area contributed by atoms with Gasteiger partial charge >= 0.3 is 0 Å². The quantitative estimate of drug-likeness (QED) is 0.902. The van der Waals surface area contributed by atoms with Crippen LogP contribution in [0.15, 0.2) is 35.2 Å². The Morgan fingerprint density at radius 2 is 2.22 bits per heavy atom. The molecular weight excluding hydrogens is 226 g/mol. The van der Waals surface area contributed by atoms with Gasteiger partial charge in [0.25, 0.3) is 0 Å². The average Bonchev–Trinajstić information content (AvgIpc) is 2.96. The summed E-state index contributed by atoms with van der Waals surface area (Å²) < 4.78 is 7.35. The van der Waals surface area contributed by atoms with E-state index < -0.39 is 0 Å². The van der Waals surface area contributed by atoms with Gasteiger partial charge in [-0.05, 0) is 39.8 Å². The fraction of sp³-hybridized carbons (Fsp3) is 0.500. The Hall–Kier alpha value is -1.55. The zero-order valence-electron chi connectivity index (χ0n) is 11.5. The van der Waals surface area contributed by atoms with Crippen molar-refractivity contribution in [2.24, 2.45) is 0 Å². The van der Waals surface area contributed by atoms with E-state index in [-0.39, 0.29) is 11.6 Å². The van der Waals surface area contributed by atoms with Crippen molar-refractivity contribution in [2.75, 3.05) is 0 Å². The summed E-state index contributed by atoms with van der Waals surface area (Å²) in [7, 11) is 0. The Morgan fingerprint density at radius 1 is 1.44 bits per heavy atom. The van der Waals surface area contributed by atoms with Crippen LogP contribution in [0.2, 0.25) is 0 Å².